The minimum absolute atomic E-state index is 0. The molecule has 1 nitrogen and oxygen atoms in total. The van der Waals surface area contributed by atoms with E-state index in [0.717, 1.165) is 16.7 Å². The third-order valence-electron chi connectivity index (χ3n) is 5.48. The van der Waals surface area contributed by atoms with Crippen molar-refractivity contribution in [2.24, 2.45) is 0 Å². The summed E-state index contributed by atoms with van der Waals surface area (Å²) < 4.78 is 0. The molecule has 0 heterocycles. The summed E-state index contributed by atoms with van der Waals surface area (Å²) in [5.41, 5.74) is 4.92. The summed E-state index contributed by atoms with van der Waals surface area (Å²) in [6.07, 6.45) is 23.4. The molecular formula is C35H33NZr+2. The van der Waals surface area contributed by atoms with Crippen LogP contribution in [0.3, 0.4) is 0 Å². The Labute approximate surface area is 245 Å². The Kier molecular flexibility index (Phi) is 14.1. The minimum Gasteiger partial charge on any atom is -0.845 e. The Balaban J connectivity index is 0.000000362. The van der Waals surface area contributed by atoms with Gasteiger partial charge < -0.3 is 5.41 Å². The van der Waals surface area contributed by atoms with E-state index < -0.39 is 0 Å². The van der Waals surface area contributed by atoms with Crippen LogP contribution >= 0.6 is 0 Å². The van der Waals surface area contributed by atoms with Crippen LogP contribution in [0, 0.1) is 70.3 Å². The Bertz CT molecular complexity index is 1030. The average Bonchev–Trinajstić information content (AvgIpc) is 3.67. The van der Waals surface area contributed by atoms with Crippen molar-refractivity contribution in [3.8, 4) is 0 Å². The number of hydrogen-bond acceptors (Lipinski definition) is 0. The van der Waals surface area contributed by atoms with Gasteiger partial charge in [0.15, 0.2) is 0 Å². The molecule has 3 aromatic carbocycles. The molecule has 2 heteroatoms. The van der Waals surface area contributed by atoms with Crippen molar-refractivity contribution in [2.45, 2.75) is 26.2 Å². The summed E-state index contributed by atoms with van der Waals surface area (Å²) in [5, 5.41) is 11.0. The number of hydrogen-bond donors (Lipinski definition) is 0. The van der Waals surface area contributed by atoms with Gasteiger partial charge in [-0.15, -0.1) is 29.3 Å². The van der Waals surface area contributed by atoms with E-state index in [4.69, 9.17) is 0 Å². The molecule has 2 saturated carbocycles. The van der Waals surface area contributed by atoms with Crippen LogP contribution in [-0.2, 0) is 31.6 Å². The fourth-order valence-corrected chi connectivity index (χ4v) is 3.45. The molecule has 10 radical (unpaired) electrons. The predicted molar refractivity (Wildman–Crippen MR) is 154 cm³/mol. The molecule has 2 aliphatic carbocycles. The predicted octanol–water partition coefficient (Wildman–Crippen LogP) is 8.32. The molecule has 2 fully saturated rings. The van der Waals surface area contributed by atoms with Gasteiger partial charge in [0.1, 0.15) is 0 Å². The minimum atomic E-state index is 0. The normalized spacial score (nSPS) is 14.9. The Hall–Kier alpha value is -2.05. The summed E-state index contributed by atoms with van der Waals surface area (Å²) in [4.78, 5) is 0. The maximum Gasteiger partial charge on any atom is 4.00 e. The summed E-state index contributed by atoms with van der Waals surface area (Å²) in [5.74, 6) is 0. The van der Waals surface area contributed by atoms with Gasteiger partial charge in [0.25, 0.3) is 0 Å². The Morgan fingerprint density at radius 3 is 1.35 bits per heavy atom. The monoisotopic (exact) mass is 557 g/mol. The average molecular weight is 559 g/mol. The number of allylic oxidation sites excluding steroid dienone is 1. The topological polar surface area (TPSA) is 22.3 Å². The molecule has 0 saturated heterocycles. The quantitative estimate of drug-likeness (QED) is 0.175. The first-order valence-corrected chi connectivity index (χ1v) is 12.2. The zero-order chi connectivity index (χ0) is 25.6. The van der Waals surface area contributed by atoms with Gasteiger partial charge in [-0.2, -0.15) is 0 Å². The van der Waals surface area contributed by atoms with Gasteiger partial charge in [-0.25, -0.2) is 5.71 Å². The number of nitrogens with zero attached hydrogens (tertiary/aromatic N) is 1. The van der Waals surface area contributed by atoms with Crippen LogP contribution in [-0.4, -0.2) is 5.71 Å². The molecule has 3 aromatic rings. The molecule has 0 unspecified atom stereocenters. The molecule has 0 N–H and O–H groups in total. The number of rotatable bonds is 4. The van der Waals surface area contributed by atoms with Crippen molar-refractivity contribution in [1.29, 1.82) is 0 Å². The van der Waals surface area contributed by atoms with E-state index in [9.17, 15) is 5.41 Å². The van der Waals surface area contributed by atoms with Gasteiger partial charge in [-0.3, -0.25) is 0 Å². The van der Waals surface area contributed by atoms with Crippen LogP contribution in [0.2, 0.25) is 0 Å². The van der Waals surface area contributed by atoms with Crippen LogP contribution in [0.4, 0.5) is 0 Å². The van der Waals surface area contributed by atoms with E-state index in [1.54, 1.807) is 0 Å². The molecule has 0 bridgehead atoms. The molecule has 0 amide bonds. The fraction of sp³-hybridized carbons (Fsp3) is 0.114. The van der Waals surface area contributed by atoms with Crippen LogP contribution in [0.15, 0.2) is 84.9 Å². The molecule has 0 aromatic heterocycles. The van der Waals surface area contributed by atoms with Crippen molar-refractivity contribution in [3.05, 3.63) is 183 Å². The molecular weight excluding hydrogens is 526 g/mol. The smallest absolute Gasteiger partial charge is 0.845 e. The van der Waals surface area contributed by atoms with E-state index >= 15 is 0 Å². The van der Waals surface area contributed by atoms with E-state index in [1.807, 2.05) is 137 Å². The van der Waals surface area contributed by atoms with Crippen LogP contribution < -0.4 is 0 Å². The largest absolute Gasteiger partial charge is 4.00 e. The van der Waals surface area contributed by atoms with Gasteiger partial charge in [0.05, 0.1) is 0 Å². The van der Waals surface area contributed by atoms with Crippen molar-refractivity contribution < 1.29 is 26.2 Å². The van der Waals surface area contributed by atoms with Gasteiger partial charge in [0, 0.05) is 0 Å². The first-order valence-electron chi connectivity index (χ1n) is 12.2. The van der Waals surface area contributed by atoms with Crippen molar-refractivity contribution in [2.75, 3.05) is 0 Å². The third kappa shape index (κ3) is 11.1. The molecule has 0 aliphatic heterocycles. The van der Waals surface area contributed by atoms with E-state index in [2.05, 4.69) is 39.0 Å². The van der Waals surface area contributed by atoms with E-state index in [0.29, 0.717) is 5.57 Å². The molecule has 37 heavy (non-hydrogen) atoms. The van der Waals surface area contributed by atoms with Crippen molar-refractivity contribution in [3.63, 3.8) is 0 Å². The second-order valence-corrected chi connectivity index (χ2v) is 9.33. The van der Waals surface area contributed by atoms with Crippen molar-refractivity contribution in [1.82, 2.24) is 0 Å². The molecule has 0 atom stereocenters. The van der Waals surface area contributed by atoms with Crippen LogP contribution in [0.1, 0.15) is 43.0 Å². The van der Waals surface area contributed by atoms with Gasteiger partial charge >= 0.3 is 26.2 Å². The Morgan fingerprint density at radius 2 is 0.946 bits per heavy atom. The summed E-state index contributed by atoms with van der Waals surface area (Å²) >= 11 is 0. The maximum absolute atomic E-state index is 11.0. The Morgan fingerprint density at radius 1 is 0.541 bits per heavy atom. The fourth-order valence-electron chi connectivity index (χ4n) is 3.45. The maximum atomic E-state index is 11.0. The molecule has 180 valence electrons. The molecule has 5 rings (SSSR count). The third-order valence-corrected chi connectivity index (χ3v) is 5.48. The second-order valence-electron chi connectivity index (χ2n) is 9.33. The standard InChI is InChI=1S/C25H23N.2C5H5.Zr/c1-25(2,3)22-16-14-21(15-17-22)24(26)23(20-12-8-5-9-13-20)18-19-10-6-4-7-11-19;2*1-2-4-5-3-1;/h4-17H,1-3H3;2*1-5H;/q-2;;;+4. The van der Waals surface area contributed by atoms with Crippen molar-refractivity contribution >= 4 is 11.3 Å². The molecule has 0 spiro atoms. The van der Waals surface area contributed by atoms with Gasteiger partial charge in [0.2, 0.25) is 0 Å². The van der Waals surface area contributed by atoms with Gasteiger partial charge in [-0.1, -0.05) is 105 Å². The second kappa shape index (κ2) is 16.7. The summed E-state index contributed by atoms with van der Waals surface area (Å²) in [7, 11) is 0. The van der Waals surface area contributed by atoms with E-state index in [1.165, 1.54) is 5.56 Å². The van der Waals surface area contributed by atoms with Crippen LogP contribution in [0.25, 0.3) is 11.0 Å². The zero-order valence-corrected chi connectivity index (χ0v) is 24.3. The van der Waals surface area contributed by atoms with Gasteiger partial charge in [-0.05, 0) is 75.2 Å². The zero-order valence-electron chi connectivity index (χ0n) is 21.8. The first kappa shape index (κ1) is 31.2. The van der Waals surface area contributed by atoms with Crippen LogP contribution in [0.5, 0.6) is 0 Å². The first-order chi connectivity index (χ1) is 17.4. The summed E-state index contributed by atoms with van der Waals surface area (Å²) in [6, 6.07) is 27.9. The SMILES string of the molecule is CC(C)(C)c1ccc(C(=[N-])C(=[C-]c2ccccc2)c2ccccc2)cc1.[CH]1[CH][CH][CH][CH]1.[CH]1[CH][CH][CH][CH]1.[Zr+4]. The number of benzene rings is 3. The summed E-state index contributed by atoms with van der Waals surface area (Å²) in [6.45, 7) is 6.55. The molecule has 2 aliphatic rings. The van der Waals surface area contributed by atoms with E-state index in [-0.39, 0.29) is 37.3 Å².